The Hall–Kier alpha value is -3.89. The molecule has 0 aliphatic carbocycles. The van der Waals surface area contributed by atoms with Crippen LogP contribution in [0.15, 0.2) is 42.5 Å². The van der Waals surface area contributed by atoms with Gasteiger partial charge in [0.25, 0.3) is 11.8 Å². The standard InChI is InChI=1S/C19H15F3N6O2/c20-19(21,22)9-24-16(29)11-3-1-10(2-4-11)15-26-18(28-27-15)25-13-5-6-14-12(7-13)8-23-17(14)30/h1-7H,8-9H2,(H,23,30)(H,24,29)(H2,25,26,27,28). The third-order valence-corrected chi connectivity index (χ3v) is 4.40. The molecule has 0 spiro atoms. The van der Waals surface area contributed by atoms with Crippen LogP contribution in [0.4, 0.5) is 24.8 Å². The number of nitrogens with zero attached hydrogens (tertiary/aromatic N) is 2. The maximum absolute atomic E-state index is 12.2. The number of anilines is 2. The zero-order valence-corrected chi connectivity index (χ0v) is 15.3. The van der Waals surface area contributed by atoms with Crippen molar-refractivity contribution in [1.82, 2.24) is 25.8 Å². The molecule has 1 aromatic heterocycles. The van der Waals surface area contributed by atoms with Crippen molar-refractivity contribution >= 4 is 23.5 Å². The monoisotopic (exact) mass is 416 g/mol. The van der Waals surface area contributed by atoms with Crippen LogP contribution in [0.25, 0.3) is 11.4 Å². The Balaban J connectivity index is 1.43. The summed E-state index contributed by atoms with van der Waals surface area (Å²) in [4.78, 5) is 27.7. The number of alkyl halides is 3. The quantitative estimate of drug-likeness (QED) is 0.511. The van der Waals surface area contributed by atoms with Crippen molar-refractivity contribution in [2.24, 2.45) is 0 Å². The number of H-pyrrole nitrogens is 1. The van der Waals surface area contributed by atoms with E-state index in [4.69, 9.17) is 0 Å². The number of hydrogen-bond acceptors (Lipinski definition) is 5. The predicted molar refractivity (Wildman–Crippen MR) is 101 cm³/mol. The van der Waals surface area contributed by atoms with Gasteiger partial charge in [0.2, 0.25) is 5.95 Å². The van der Waals surface area contributed by atoms with Crippen LogP contribution in [0, 0.1) is 0 Å². The van der Waals surface area contributed by atoms with Gasteiger partial charge in [-0.1, -0.05) is 12.1 Å². The highest BCUT2D eigenvalue weighted by atomic mass is 19.4. The highest BCUT2D eigenvalue weighted by molar-refractivity contribution is 5.98. The smallest absolute Gasteiger partial charge is 0.348 e. The molecule has 0 atom stereocenters. The van der Waals surface area contributed by atoms with Gasteiger partial charge in [-0.05, 0) is 35.9 Å². The summed E-state index contributed by atoms with van der Waals surface area (Å²) in [6.07, 6.45) is -4.47. The highest BCUT2D eigenvalue weighted by Crippen LogP contribution is 2.23. The largest absolute Gasteiger partial charge is 0.405 e. The Morgan fingerprint density at radius 2 is 1.90 bits per heavy atom. The molecule has 0 unspecified atom stereocenters. The molecule has 0 bridgehead atoms. The predicted octanol–water partition coefficient (Wildman–Crippen LogP) is 2.75. The minimum Gasteiger partial charge on any atom is -0.348 e. The van der Waals surface area contributed by atoms with E-state index in [9.17, 15) is 22.8 Å². The Morgan fingerprint density at radius 1 is 1.13 bits per heavy atom. The molecule has 30 heavy (non-hydrogen) atoms. The van der Waals surface area contributed by atoms with Crippen molar-refractivity contribution in [3.8, 4) is 11.4 Å². The topological polar surface area (TPSA) is 112 Å². The summed E-state index contributed by atoms with van der Waals surface area (Å²) in [7, 11) is 0. The first kappa shape index (κ1) is 19.4. The first-order valence-electron chi connectivity index (χ1n) is 8.84. The summed E-state index contributed by atoms with van der Waals surface area (Å²) < 4.78 is 36.6. The summed E-state index contributed by atoms with van der Waals surface area (Å²) in [6.45, 7) is -0.927. The SMILES string of the molecule is O=C(NCC(F)(F)F)c1ccc(-c2nc(Nc3ccc4c(c3)CNC4=O)n[nH]2)cc1. The third-order valence-electron chi connectivity index (χ3n) is 4.40. The summed E-state index contributed by atoms with van der Waals surface area (Å²) in [5.74, 6) is -0.206. The number of halogens is 3. The fraction of sp³-hybridized carbons (Fsp3) is 0.158. The molecule has 2 aromatic carbocycles. The molecule has 0 fully saturated rings. The fourth-order valence-electron chi connectivity index (χ4n) is 2.95. The molecule has 2 amide bonds. The molecule has 0 saturated heterocycles. The number of carbonyl (C=O) groups excluding carboxylic acids is 2. The number of nitrogens with one attached hydrogen (secondary N) is 4. The zero-order chi connectivity index (χ0) is 21.3. The van der Waals surface area contributed by atoms with Crippen molar-refractivity contribution in [3.63, 3.8) is 0 Å². The second-order valence-corrected chi connectivity index (χ2v) is 6.56. The van der Waals surface area contributed by atoms with E-state index in [0.717, 1.165) is 5.56 Å². The van der Waals surface area contributed by atoms with Gasteiger partial charge in [0, 0.05) is 28.9 Å². The lowest BCUT2D eigenvalue weighted by molar-refractivity contribution is -0.123. The van der Waals surface area contributed by atoms with Crippen LogP contribution < -0.4 is 16.0 Å². The van der Waals surface area contributed by atoms with E-state index < -0.39 is 18.6 Å². The Bertz CT molecular complexity index is 1110. The van der Waals surface area contributed by atoms with Gasteiger partial charge in [-0.15, -0.1) is 5.10 Å². The molecule has 0 radical (unpaired) electrons. The average Bonchev–Trinajstić information content (AvgIpc) is 3.32. The van der Waals surface area contributed by atoms with Gasteiger partial charge in [-0.3, -0.25) is 14.7 Å². The molecule has 3 aromatic rings. The lowest BCUT2D eigenvalue weighted by Crippen LogP contribution is -2.33. The number of amides is 2. The molecular formula is C19H15F3N6O2. The van der Waals surface area contributed by atoms with Crippen molar-refractivity contribution < 1.29 is 22.8 Å². The number of fused-ring (bicyclic) bond motifs is 1. The molecule has 4 N–H and O–H groups in total. The van der Waals surface area contributed by atoms with Gasteiger partial charge >= 0.3 is 6.18 Å². The summed E-state index contributed by atoms with van der Waals surface area (Å²) in [5, 5.41) is 14.4. The van der Waals surface area contributed by atoms with Gasteiger partial charge in [-0.2, -0.15) is 18.2 Å². The van der Waals surface area contributed by atoms with E-state index in [-0.39, 0.29) is 11.5 Å². The molecule has 4 rings (SSSR count). The number of hydrogen-bond donors (Lipinski definition) is 4. The van der Waals surface area contributed by atoms with Crippen molar-refractivity contribution in [2.45, 2.75) is 12.7 Å². The first-order chi connectivity index (χ1) is 14.3. The second-order valence-electron chi connectivity index (χ2n) is 6.56. The van der Waals surface area contributed by atoms with Gasteiger partial charge in [0.1, 0.15) is 6.54 Å². The average molecular weight is 416 g/mol. The van der Waals surface area contributed by atoms with E-state index in [0.29, 0.717) is 35.1 Å². The van der Waals surface area contributed by atoms with Crippen molar-refractivity contribution in [3.05, 3.63) is 59.2 Å². The van der Waals surface area contributed by atoms with Crippen molar-refractivity contribution in [1.29, 1.82) is 0 Å². The Kier molecular flexibility index (Phi) is 4.86. The maximum atomic E-state index is 12.2. The number of benzene rings is 2. The molecule has 2 heterocycles. The second kappa shape index (κ2) is 7.50. The van der Waals surface area contributed by atoms with Crippen LogP contribution in [0.1, 0.15) is 26.3 Å². The van der Waals surface area contributed by atoms with E-state index in [1.807, 2.05) is 11.4 Å². The minimum absolute atomic E-state index is 0.0992. The molecule has 0 saturated carbocycles. The number of carbonyl (C=O) groups is 2. The van der Waals surface area contributed by atoms with E-state index >= 15 is 0 Å². The van der Waals surface area contributed by atoms with Crippen molar-refractivity contribution in [2.75, 3.05) is 11.9 Å². The Morgan fingerprint density at radius 3 is 2.63 bits per heavy atom. The lowest BCUT2D eigenvalue weighted by atomic mass is 10.1. The lowest BCUT2D eigenvalue weighted by Gasteiger charge is -2.08. The molecule has 154 valence electrons. The van der Waals surface area contributed by atoms with Crippen LogP contribution in [0.2, 0.25) is 0 Å². The number of aromatic amines is 1. The van der Waals surface area contributed by atoms with E-state index in [1.54, 1.807) is 24.3 Å². The third kappa shape index (κ3) is 4.24. The zero-order valence-electron chi connectivity index (χ0n) is 15.3. The molecule has 1 aliphatic rings. The molecule has 8 nitrogen and oxygen atoms in total. The number of aromatic nitrogens is 3. The van der Waals surface area contributed by atoms with Crippen LogP contribution >= 0.6 is 0 Å². The highest BCUT2D eigenvalue weighted by Gasteiger charge is 2.27. The van der Waals surface area contributed by atoms with Gasteiger partial charge in [0.05, 0.1) is 0 Å². The maximum Gasteiger partial charge on any atom is 0.405 e. The Labute approximate surface area is 167 Å². The first-order valence-corrected chi connectivity index (χ1v) is 8.84. The normalized spacial score (nSPS) is 13.0. The van der Waals surface area contributed by atoms with Gasteiger partial charge < -0.3 is 16.0 Å². The molecule has 1 aliphatic heterocycles. The van der Waals surface area contributed by atoms with Gasteiger partial charge in [-0.25, -0.2) is 0 Å². The summed E-state index contributed by atoms with van der Waals surface area (Å²) in [6, 6.07) is 11.2. The summed E-state index contributed by atoms with van der Waals surface area (Å²) >= 11 is 0. The summed E-state index contributed by atoms with van der Waals surface area (Å²) in [5.41, 5.74) is 2.93. The van der Waals surface area contributed by atoms with Crippen LogP contribution in [0.5, 0.6) is 0 Å². The van der Waals surface area contributed by atoms with Gasteiger partial charge in [0.15, 0.2) is 5.82 Å². The molecular weight excluding hydrogens is 401 g/mol. The fourth-order valence-corrected chi connectivity index (χ4v) is 2.95. The minimum atomic E-state index is -4.47. The van der Waals surface area contributed by atoms with E-state index in [2.05, 4.69) is 25.8 Å². The molecule has 11 heteroatoms. The van der Waals surface area contributed by atoms with Crippen LogP contribution in [-0.4, -0.2) is 39.7 Å². The van der Waals surface area contributed by atoms with Crippen LogP contribution in [0.3, 0.4) is 0 Å². The number of rotatable bonds is 5. The van der Waals surface area contributed by atoms with E-state index in [1.165, 1.54) is 12.1 Å². The van der Waals surface area contributed by atoms with Crippen LogP contribution in [-0.2, 0) is 6.54 Å².